The second-order valence-corrected chi connectivity index (χ2v) is 4.08. The van der Waals surface area contributed by atoms with E-state index >= 15 is 0 Å². The van der Waals surface area contributed by atoms with Crippen molar-refractivity contribution in [1.29, 1.82) is 0 Å². The molecule has 0 aromatic heterocycles. The Labute approximate surface area is 73.7 Å². The summed E-state index contributed by atoms with van der Waals surface area (Å²) in [5.74, 6) is 0.697. The molecule has 0 aliphatic carbocycles. The molecule has 1 atom stereocenters. The highest BCUT2D eigenvalue weighted by Crippen LogP contribution is 2.32. The first-order valence-electron chi connectivity index (χ1n) is 4.87. The standard InChI is InChI=1S/C9H18N2O/c10-6-8-5-9(11-7-8)1-3-12-4-2-9/h8,11H,1-7,10H2. The van der Waals surface area contributed by atoms with Crippen molar-refractivity contribution in [3.8, 4) is 0 Å². The summed E-state index contributed by atoms with van der Waals surface area (Å²) >= 11 is 0. The predicted molar refractivity (Wildman–Crippen MR) is 47.9 cm³/mol. The normalized spacial score (nSPS) is 34.2. The van der Waals surface area contributed by atoms with E-state index in [1.807, 2.05) is 0 Å². The van der Waals surface area contributed by atoms with Crippen molar-refractivity contribution in [3.05, 3.63) is 0 Å². The third kappa shape index (κ3) is 1.49. The second-order valence-electron chi connectivity index (χ2n) is 4.08. The monoisotopic (exact) mass is 170 g/mol. The minimum Gasteiger partial charge on any atom is -0.381 e. The van der Waals surface area contributed by atoms with E-state index in [0.717, 1.165) is 26.3 Å². The first kappa shape index (κ1) is 8.48. The lowest BCUT2D eigenvalue weighted by molar-refractivity contribution is 0.0446. The van der Waals surface area contributed by atoms with E-state index in [9.17, 15) is 0 Å². The molecule has 3 nitrogen and oxygen atoms in total. The molecule has 1 spiro atoms. The van der Waals surface area contributed by atoms with Gasteiger partial charge in [0.1, 0.15) is 0 Å². The van der Waals surface area contributed by atoms with Gasteiger partial charge in [0.2, 0.25) is 0 Å². The van der Waals surface area contributed by atoms with Crippen LogP contribution < -0.4 is 11.1 Å². The zero-order valence-corrected chi connectivity index (χ0v) is 7.51. The molecule has 2 aliphatic heterocycles. The molecule has 0 saturated carbocycles. The van der Waals surface area contributed by atoms with E-state index in [1.165, 1.54) is 19.3 Å². The Balaban J connectivity index is 1.94. The summed E-state index contributed by atoms with van der Waals surface area (Å²) in [6, 6.07) is 0. The van der Waals surface area contributed by atoms with E-state index in [1.54, 1.807) is 0 Å². The molecular weight excluding hydrogens is 152 g/mol. The molecular formula is C9H18N2O. The van der Waals surface area contributed by atoms with E-state index in [-0.39, 0.29) is 0 Å². The van der Waals surface area contributed by atoms with Gasteiger partial charge in [-0.05, 0) is 38.3 Å². The Hall–Kier alpha value is -0.120. The van der Waals surface area contributed by atoms with Gasteiger partial charge in [0.05, 0.1) is 0 Å². The van der Waals surface area contributed by atoms with Crippen LogP contribution in [0.15, 0.2) is 0 Å². The average molecular weight is 170 g/mol. The molecule has 0 amide bonds. The molecule has 0 aromatic carbocycles. The third-order valence-electron chi connectivity index (χ3n) is 3.23. The van der Waals surface area contributed by atoms with Gasteiger partial charge in [-0.25, -0.2) is 0 Å². The van der Waals surface area contributed by atoms with Gasteiger partial charge >= 0.3 is 0 Å². The first-order valence-corrected chi connectivity index (χ1v) is 4.87. The molecule has 1 unspecified atom stereocenters. The van der Waals surface area contributed by atoms with Gasteiger partial charge in [-0.15, -0.1) is 0 Å². The topological polar surface area (TPSA) is 47.3 Å². The zero-order valence-electron chi connectivity index (χ0n) is 7.51. The number of nitrogens with two attached hydrogens (primary N) is 1. The highest BCUT2D eigenvalue weighted by Gasteiger charge is 2.38. The van der Waals surface area contributed by atoms with Gasteiger partial charge in [0.15, 0.2) is 0 Å². The van der Waals surface area contributed by atoms with E-state index in [4.69, 9.17) is 10.5 Å². The number of ether oxygens (including phenoxy) is 1. The van der Waals surface area contributed by atoms with E-state index in [0.29, 0.717) is 11.5 Å². The van der Waals surface area contributed by atoms with Crippen molar-refractivity contribution in [2.24, 2.45) is 11.7 Å². The summed E-state index contributed by atoms with van der Waals surface area (Å²) in [6.07, 6.45) is 3.60. The molecule has 2 aliphatic rings. The molecule has 2 saturated heterocycles. The largest absolute Gasteiger partial charge is 0.381 e. The molecule has 3 heteroatoms. The molecule has 2 heterocycles. The Morgan fingerprint density at radius 2 is 2.17 bits per heavy atom. The fraction of sp³-hybridized carbons (Fsp3) is 1.00. The van der Waals surface area contributed by atoms with Crippen LogP contribution in [0.5, 0.6) is 0 Å². The predicted octanol–water partition coefficient (Wildman–Crippen LogP) is 0.104. The summed E-state index contributed by atoms with van der Waals surface area (Å²) < 4.78 is 5.35. The van der Waals surface area contributed by atoms with E-state index < -0.39 is 0 Å². The highest BCUT2D eigenvalue weighted by molar-refractivity contribution is 4.97. The maximum absolute atomic E-state index is 5.65. The Morgan fingerprint density at radius 3 is 2.75 bits per heavy atom. The average Bonchev–Trinajstić information content (AvgIpc) is 2.50. The minimum absolute atomic E-state index is 0.391. The maximum atomic E-state index is 5.65. The lowest BCUT2D eigenvalue weighted by Gasteiger charge is -2.33. The molecule has 0 bridgehead atoms. The Kier molecular flexibility index (Phi) is 2.35. The van der Waals surface area contributed by atoms with Crippen LogP contribution in [0.25, 0.3) is 0 Å². The third-order valence-corrected chi connectivity index (χ3v) is 3.23. The van der Waals surface area contributed by atoms with Gasteiger partial charge in [-0.3, -0.25) is 0 Å². The van der Waals surface area contributed by atoms with Crippen LogP contribution >= 0.6 is 0 Å². The quantitative estimate of drug-likeness (QED) is 0.587. The Bertz CT molecular complexity index is 155. The minimum atomic E-state index is 0.391. The number of hydrogen-bond acceptors (Lipinski definition) is 3. The van der Waals surface area contributed by atoms with Crippen molar-refractivity contribution in [3.63, 3.8) is 0 Å². The van der Waals surface area contributed by atoms with Crippen LogP contribution in [0.4, 0.5) is 0 Å². The van der Waals surface area contributed by atoms with Crippen LogP contribution in [0.2, 0.25) is 0 Å². The molecule has 0 radical (unpaired) electrons. The van der Waals surface area contributed by atoms with Crippen LogP contribution in [0.1, 0.15) is 19.3 Å². The van der Waals surface area contributed by atoms with Crippen LogP contribution in [0.3, 0.4) is 0 Å². The second kappa shape index (κ2) is 3.32. The maximum Gasteiger partial charge on any atom is 0.0483 e. The molecule has 12 heavy (non-hydrogen) atoms. The molecule has 70 valence electrons. The van der Waals surface area contributed by atoms with Crippen molar-refractivity contribution >= 4 is 0 Å². The molecule has 0 aromatic rings. The number of hydrogen-bond donors (Lipinski definition) is 2. The summed E-state index contributed by atoms with van der Waals surface area (Å²) in [4.78, 5) is 0. The van der Waals surface area contributed by atoms with Gasteiger partial charge in [-0.2, -0.15) is 0 Å². The molecule has 2 rings (SSSR count). The van der Waals surface area contributed by atoms with Crippen molar-refractivity contribution in [2.75, 3.05) is 26.3 Å². The van der Waals surface area contributed by atoms with Crippen LogP contribution in [-0.4, -0.2) is 31.8 Å². The summed E-state index contributed by atoms with van der Waals surface area (Å²) in [5.41, 5.74) is 6.04. The summed E-state index contributed by atoms with van der Waals surface area (Å²) in [5, 5.41) is 3.61. The van der Waals surface area contributed by atoms with Crippen LogP contribution in [0, 0.1) is 5.92 Å². The highest BCUT2D eigenvalue weighted by atomic mass is 16.5. The zero-order chi connectivity index (χ0) is 8.44. The molecule has 3 N–H and O–H groups in total. The van der Waals surface area contributed by atoms with Gasteiger partial charge in [-0.1, -0.05) is 0 Å². The fourth-order valence-corrected chi connectivity index (χ4v) is 2.37. The SMILES string of the molecule is NCC1CNC2(CCOCC2)C1. The fourth-order valence-electron chi connectivity index (χ4n) is 2.37. The van der Waals surface area contributed by atoms with Gasteiger partial charge in [0.25, 0.3) is 0 Å². The number of nitrogens with one attached hydrogen (secondary N) is 1. The lowest BCUT2D eigenvalue weighted by Crippen LogP contribution is -2.44. The smallest absolute Gasteiger partial charge is 0.0483 e. The van der Waals surface area contributed by atoms with E-state index in [2.05, 4.69) is 5.32 Å². The van der Waals surface area contributed by atoms with Crippen molar-refractivity contribution in [1.82, 2.24) is 5.32 Å². The summed E-state index contributed by atoms with van der Waals surface area (Å²) in [6.45, 7) is 3.78. The van der Waals surface area contributed by atoms with Crippen molar-refractivity contribution in [2.45, 2.75) is 24.8 Å². The molecule has 2 fully saturated rings. The van der Waals surface area contributed by atoms with Crippen molar-refractivity contribution < 1.29 is 4.74 Å². The Morgan fingerprint density at radius 1 is 1.42 bits per heavy atom. The van der Waals surface area contributed by atoms with Crippen LogP contribution in [-0.2, 0) is 4.74 Å². The van der Waals surface area contributed by atoms with Gasteiger partial charge < -0.3 is 15.8 Å². The number of rotatable bonds is 1. The first-order chi connectivity index (χ1) is 5.85. The van der Waals surface area contributed by atoms with Gasteiger partial charge in [0, 0.05) is 18.8 Å². The lowest BCUT2D eigenvalue weighted by atomic mass is 9.86. The summed E-state index contributed by atoms with van der Waals surface area (Å²) in [7, 11) is 0.